The zero-order valence-corrected chi connectivity index (χ0v) is 16.2. The quantitative estimate of drug-likeness (QED) is 0.818. The van der Waals surface area contributed by atoms with Crippen molar-refractivity contribution in [3.63, 3.8) is 0 Å². The van der Waals surface area contributed by atoms with Crippen molar-refractivity contribution < 1.29 is 9.59 Å². The van der Waals surface area contributed by atoms with Gasteiger partial charge >= 0.3 is 6.03 Å². The van der Waals surface area contributed by atoms with Crippen molar-refractivity contribution in [1.29, 1.82) is 0 Å². The highest BCUT2D eigenvalue weighted by atomic mass is 16.2. The van der Waals surface area contributed by atoms with Crippen molar-refractivity contribution in [2.75, 3.05) is 26.2 Å². The van der Waals surface area contributed by atoms with Crippen LogP contribution < -0.4 is 5.32 Å². The van der Waals surface area contributed by atoms with Gasteiger partial charge in [0.1, 0.15) is 0 Å². The monoisotopic (exact) mass is 361 g/mol. The fraction of sp³-hybridized carbons (Fsp3) is 0.905. The molecule has 3 saturated carbocycles. The van der Waals surface area contributed by atoms with E-state index in [0.29, 0.717) is 30.5 Å². The summed E-state index contributed by atoms with van der Waals surface area (Å²) in [7, 11) is 0. The van der Waals surface area contributed by atoms with E-state index in [4.69, 9.17) is 0 Å². The normalized spacial score (nSPS) is 27.2. The summed E-state index contributed by atoms with van der Waals surface area (Å²) < 4.78 is 0. The van der Waals surface area contributed by atoms with E-state index in [2.05, 4.69) is 5.32 Å². The molecule has 0 atom stereocenters. The molecule has 4 aliphatic rings. The molecule has 146 valence electrons. The minimum atomic E-state index is 0.0929. The van der Waals surface area contributed by atoms with E-state index >= 15 is 0 Å². The van der Waals surface area contributed by atoms with E-state index < -0.39 is 0 Å². The van der Waals surface area contributed by atoms with E-state index in [1.54, 1.807) is 0 Å². The largest absolute Gasteiger partial charge is 0.341 e. The average Bonchev–Trinajstić information content (AvgIpc) is 3.51. The lowest BCUT2D eigenvalue weighted by molar-refractivity contribution is -0.132. The van der Waals surface area contributed by atoms with Crippen molar-refractivity contribution in [3.8, 4) is 0 Å². The molecule has 5 heteroatoms. The van der Waals surface area contributed by atoms with Crippen LogP contribution in [0.4, 0.5) is 4.79 Å². The van der Waals surface area contributed by atoms with E-state index in [1.807, 2.05) is 9.80 Å². The summed E-state index contributed by atoms with van der Waals surface area (Å²) in [5, 5.41) is 3.30. The first kappa shape index (κ1) is 18.1. The van der Waals surface area contributed by atoms with Crippen LogP contribution in [0, 0.1) is 11.3 Å². The number of nitrogens with zero attached hydrogens (tertiary/aromatic N) is 2. The second kappa shape index (κ2) is 7.77. The highest BCUT2D eigenvalue weighted by molar-refractivity contribution is 5.81. The van der Waals surface area contributed by atoms with Gasteiger partial charge in [0.05, 0.1) is 0 Å². The van der Waals surface area contributed by atoms with Crippen LogP contribution in [0.25, 0.3) is 0 Å². The highest BCUT2D eigenvalue weighted by Gasteiger charge is 2.37. The molecule has 0 aromatic carbocycles. The van der Waals surface area contributed by atoms with Gasteiger partial charge in [-0.15, -0.1) is 0 Å². The Morgan fingerprint density at radius 3 is 2.08 bits per heavy atom. The fourth-order valence-corrected chi connectivity index (χ4v) is 5.37. The first-order valence-electron chi connectivity index (χ1n) is 11.0. The van der Waals surface area contributed by atoms with Crippen molar-refractivity contribution >= 4 is 11.9 Å². The maximum Gasteiger partial charge on any atom is 0.317 e. The third-order valence-electron chi connectivity index (χ3n) is 7.31. The Kier molecular flexibility index (Phi) is 5.42. The summed E-state index contributed by atoms with van der Waals surface area (Å²) in [6.07, 6.45) is 14.9. The number of hydrogen-bond donors (Lipinski definition) is 1. The molecule has 4 fully saturated rings. The van der Waals surface area contributed by atoms with Gasteiger partial charge in [-0.1, -0.05) is 19.3 Å². The highest BCUT2D eigenvalue weighted by Crippen LogP contribution is 2.47. The standard InChI is InChI=1S/C21H35N3O2/c25-19(17-5-6-17)23-13-4-14-24(16-15-23)20(26)22-18-7-11-21(12-8-18)9-2-1-3-10-21/h17-18H,1-16H2,(H,22,26). The fourth-order valence-electron chi connectivity index (χ4n) is 5.37. The molecule has 3 amide bonds. The molecule has 3 aliphatic carbocycles. The second-order valence-electron chi connectivity index (χ2n) is 9.22. The van der Waals surface area contributed by atoms with Crippen molar-refractivity contribution in [3.05, 3.63) is 0 Å². The predicted molar refractivity (Wildman–Crippen MR) is 102 cm³/mol. The van der Waals surface area contributed by atoms with Gasteiger partial charge in [0, 0.05) is 38.1 Å². The lowest BCUT2D eigenvalue weighted by Gasteiger charge is -2.43. The van der Waals surface area contributed by atoms with Crippen LogP contribution in [0.3, 0.4) is 0 Å². The van der Waals surface area contributed by atoms with Crippen molar-refractivity contribution in [2.45, 2.75) is 83.1 Å². The molecular formula is C21H35N3O2. The smallest absolute Gasteiger partial charge is 0.317 e. The third kappa shape index (κ3) is 4.17. The number of amides is 3. The van der Waals surface area contributed by atoms with Crippen LogP contribution in [0.15, 0.2) is 0 Å². The summed E-state index contributed by atoms with van der Waals surface area (Å²) in [5.74, 6) is 0.599. The summed E-state index contributed by atoms with van der Waals surface area (Å²) in [6.45, 7) is 2.97. The van der Waals surface area contributed by atoms with Gasteiger partial charge in [-0.05, 0) is 63.2 Å². The molecule has 0 aromatic rings. The Bertz CT molecular complexity index is 515. The van der Waals surface area contributed by atoms with Gasteiger partial charge < -0.3 is 15.1 Å². The topological polar surface area (TPSA) is 52.7 Å². The van der Waals surface area contributed by atoms with Gasteiger partial charge in [0.15, 0.2) is 0 Å². The van der Waals surface area contributed by atoms with E-state index in [0.717, 1.165) is 45.2 Å². The molecule has 1 spiro atoms. The number of hydrogen-bond acceptors (Lipinski definition) is 2. The Hall–Kier alpha value is -1.26. The van der Waals surface area contributed by atoms with Crippen LogP contribution in [0.2, 0.25) is 0 Å². The maximum atomic E-state index is 12.7. The summed E-state index contributed by atoms with van der Waals surface area (Å²) in [4.78, 5) is 28.9. The molecule has 0 unspecified atom stereocenters. The Morgan fingerprint density at radius 2 is 1.38 bits per heavy atom. The van der Waals surface area contributed by atoms with Gasteiger partial charge in [-0.3, -0.25) is 4.79 Å². The number of nitrogens with one attached hydrogen (secondary N) is 1. The SMILES string of the molecule is O=C(NC1CCC2(CCCCC2)CC1)N1CCCN(C(=O)C2CC2)CC1. The summed E-state index contributed by atoms with van der Waals surface area (Å²) in [6, 6.07) is 0.442. The molecular weight excluding hydrogens is 326 g/mol. The minimum Gasteiger partial charge on any atom is -0.341 e. The van der Waals surface area contributed by atoms with E-state index in [1.165, 1.54) is 44.9 Å². The maximum absolute atomic E-state index is 12.7. The Balaban J connectivity index is 1.23. The van der Waals surface area contributed by atoms with Gasteiger partial charge in [0.25, 0.3) is 0 Å². The third-order valence-corrected chi connectivity index (χ3v) is 7.31. The molecule has 1 N–H and O–H groups in total. The van der Waals surface area contributed by atoms with Crippen LogP contribution in [0.5, 0.6) is 0 Å². The van der Waals surface area contributed by atoms with Crippen molar-refractivity contribution in [2.24, 2.45) is 11.3 Å². The lowest BCUT2D eigenvalue weighted by Crippen LogP contribution is -2.48. The van der Waals surface area contributed by atoms with Crippen molar-refractivity contribution in [1.82, 2.24) is 15.1 Å². The van der Waals surface area contributed by atoms with Gasteiger partial charge in [-0.25, -0.2) is 4.79 Å². The second-order valence-corrected chi connectivity index (χ2v) is 9.22. The molecule has 1 aliphatic heterocycles. The molecule has 1 heterocycles. The number of urea groups is 1. The zero-order chi connectivity index (χ0) is 18.0. The van der Waals surface area contributed by atoms with Crippen LogP contribution in [-0.4, -0.2) is 54.0 Å². The summed E-state index contributed by atoms with van der Waals surface area (Å²) >= 11 is 0. The minimum absolute atomic E-state index is 0.0929. The van der Waals surface area contributed by atoms with Crippen LogP contribution in [0.1, 0.15) is 77.0 Å². The van der Waals surface area contributed by atoms with E-state index in [9.17, 15) is 9.59 Å². The number of carbonyl (C=O) groups is 2. The molecule has 0 aromatic heterocycles. The van der Waals surface area contributed by atoms with E-state index in [-0.39, 0.29) is 11.9 Å². The molecule has 26 heavy (non-hydrogen) atoms. The van der Waals surface area contributed by atoms with Crippen LogP contribution in [-0.2, 0) is 4.79 Å². The molecule has 1 saturated heterocycles. The van der Waals surface area contributed by atoms with Gasteiger partial charge in [0.2, 0.25) is 5.91 Å². The molecule has 0 bridgehead atoms. The first-order chi connectivity index (χ1) is 12.7. The number of carbonyl (C=O) groups excluding carboxylic acids is 2. The summed E-state index contributed by atoms with van der Waals surface area (Å²) in [5.41, 5.74) is 0.603. The van der Waals surface area contributed by atoms with Gasteiger partial charge in [-0.2, -0.15) is 0 Å². The first-order valence-corrected chi connectivity index (χ1v) is 11.0. The average molecular weight is 362 g/mol. The predicted octanol–water partition coefficient (Wildman–Crippen LogP) is 3.53. The molecule has 0 radical (unpaired) electrons. The number of rotatable bonds is 2. The molecule has 4 rings (SSSR count). The zero-order valence-electron chi connectivity index (χ0n) is 16.2. The Labute approximate surface area is 157 Å². The molecule has 5 nitrogen and oxygen atoms in total. The Morgan fingerprint density at radius 1 is 0.731 bits per heavy atom. The lowest BCUT2D eigenvalue weighted by atomic mass is 9.64. The van der Waals surface area contributed by atoms with Crippen LogP contribution >= 0.6 is 0 Å².